The first kappa shape index (κ1) is 15.1. The molecule has 0 radical (unpaired) electrons. The zero-order valence-corrected chi connectivity index (χ0v) is 14.4. The number of aromatic nitrogens is 3. The Morgan fingerprint density at radius 1 is 1.17 bits per heavy atom. The van der Waals surface area contributed by atoms with Crippen LogP contribution in [0.2, 0.25) is 0 Å². The van der Waals surface area contributed by atoms with E-state index in [9.17, 15) is 8.42 Å². The van der Waals surface area contributed by atoms with Crippen LogP contribution in [0.1, 0.15) is 5.56 Å². The van der Waals surface area contributed by atoms with Crippen molar-refractivity contribution in [2.24, 2.45) is 0 Å². The molecule has 2 aromatic carbocycles. The number of fused-ring (bicyclic) bond motifs is 2. The minimum absolute atomic E-state index is 0.294. The molecule has 2 N–H and O–H groups in total. The average Bonchev–Trinajstić information content (AvgIpc) is 3.08. The number of anilines is 1. The molecule has 6 nitrogen and oxygen atoms in total. The summed E-state index contributed by atoms with van der Waals surface area (Å²) in [5.41, 5.74) is 9.27. The van der Waals surface area contributed by atoms with E-state index >= 15 is 0 Å². The summed E-state index contributed by atoms with van der Waals surface area (Å²) in [7, 11) is -3.25. The predicted octanol–water partition coefficient (Wildman–Crippen LogP) is 2.68. The van der Waals surface area contributed by atoms with E-state index in [1.807, 2.05) is 16.7 Å². The minimum atomic E-state index is -3.25. The summed E-state index contributed by atoms with van der Waals surface area (Å²) in [6.45, 7) is 0.595. The highest BCUT2D eigenvalue weighted by molar-refractivity contribution is 7.90. The van der Waals surface area contributed by atoms with E-state index in [0.717, 1.165) is 26.8 Å². The molecule has 0 amide bonds. The number of benzene rings is 2. The molecule has 0 atom stereocenters. The van der Waals surface area contributed by atoms with Crippen LogP contribution in [-0.4, -0.2) is 29.2 Å². The maximum Gasteiger partial charge on any atom is 0.181 e. The van der Waals surface area contributed by atoms with Gasteiger partial charge in [0.15, 0.2) is 15.0 Å². The van der Waals surface area contributed by atoms with Crippen LogP contribution >= 0.6 is 11.3 Å². The summed E-state index contributed by atoms with van der Waals surface area (Å²) < 4.78 is 26.5. The highest BCUT2D eigenvalue weighted by atomic mass is 32.2. The van der Waals surface area contributed by atoms with Crippen LogP contribution in [0.5, 0.6) is 0 Å². The van der Waals surface area contributed by atoms with Crippen LogP contribution in [-0.2, 0) is 16.4 Å². The number of sulfone groups is 1. The van der Waals surface area contributed by atoms with Crippen molar-refractivity contribution in [2.45, 2.75) is 11.4 Å². The molecule has 0 saturated heterocycles. The second-order valence-electron chi connectivity index (χ2n) is 5.65. The average molecular weight is 358 g/mol. The SMILES string of the molecule is CS(=O)(=O)c1ccc2ncn(Cc3ccc4nc(N)sc4c3)c2c1. The second-order valence-corrected chi connectivity index (χ2v) is 8.73. The lowest BCUT2D eigenvalue weighted by Crippen LogP contribution is -2.00. The Hall–Kier alpha value is -2.45. The van der Waals surface area contributed by atoms with Gasteiger partial charge < -0.3 is 10.3 Å². The molecule has 4 aromatic rings. The van der Waals surface area contributed by atoms with E-state index < -0.39 is 9.84 Å². The number of hydrogen-bond acceptors (Lipinski definition) is 6. The Bertz CT molecular complexity index is 1180. The smallest absolute Gasteiger partial charge is 0.181 e. The van der Waals surface area contributed by atoms with E-state index in [1.54, 1.807) is 24.5 Å². The van der Waals surface area contributed by atoms with E-state index in [0.29, 0.717) is 16.6 Å². The molecular weight excluding hydrogens is 344 g/mol. The molecule has 0 unspecified atom stereocenters. The van der Waals surface area contributed by atoms with Crippen molar-refractivity contribution < 1.29 is 8.42 Å². The van der Waals surface area contributed by atoms with Gasteiger partial charge in [0.1, 0.15) is 0 Å². The zero-order valence-electron chi connectivity index (χ0n) is 12.8. The fraction of sp³-hybridized carbons (Fsp3) is 0.125. The van der Waals surface area contributed by atoms with E-state index in [1.165, 1.54) is 17.6 Å². The molecule has 2 heterocycles. The third-order valence-corrected chi connectivity index (χ3v) is 5.80. The van der Waals surface area contributed by atoms with Gasteiger partial charge in [0.05, 0.1) is 32.5 Å². The van der Waals surface area contributed by atoms with Crippen molar-refractivity contribution >= 4 is 47.6 Å². The lowest BCUT2D eigenvalue weighted by Gasteiger charge is -2.06. The topological polar surface area (TPSA) is 90.9 Å². The molecule has 0 spiro atoms. The number of nitrogen functional groups attached to an aromatic ring is 1. The van der Waals surface area contributed by atoms with Gasteiger partial charge in [-0.3, -0.25) is 0 Å². The number of nitrogens with two attached hydrogens (primary N) is 1. The molecule has 0 fully saturated rings. The largest absolute Gasteiger partial charge is 0.375 e. The Morgan fingerprint density at radius 3 is 2.75 bits per heavy atom. The summed E-state index contributed by atoms with van der Waals surface area (Å²) >= 11 is 1.45. The van der Waals surface area contributed by atoms with Gasteiger partial charge in [-0.15, -0.1) is 0 Å². The van der Waals surface area contributed by atoms with Gasteiger partial charge in [-0.2, -0.15) is 0 Å². The molecule has 0 bridgehead atoms. The molecule has 0 aliphatic heterocycles. The monoisotopic (exact) mass is 358 g/mol. The quantitative estimate of drug-likeness (QED) is 0.608. The first-order valence-corrected chi connectivity index (χ1v) is 9.91. The maximum atomic E-state index is 11.8. The molecule has 0 saturated carbocycles. The predicted molar refractivity (Wildman–Crippen MR) is 96.0 cm³/mol. The Kier molecular flexibility index (Phi) is 3.33. The van der Waals surface area contributed by atoms with E-state index in [-0.39, 0.29) is 0 Å². The zero-order chi connectivity index (χ0) is 16.9. The minimum Gasteiger partial charge on any atom is -0.375 e. The molecule has 2 aromatic heterocycles. The van der Waals surface area contributed by atoms with Gasteiger partial charge in [0.25, 0.3) is 0 Å². The summed E-state index contributed by atoms with van der Waals surface area (Å²) in [5.74, 6) is 0. The normalized spacial score (nSPS) is 12.2. The van der Waals surface area contributed by atoms with Crippen molar-refractivity contribution in [1.82, 2.24) is 14.5 Å². The molecule has 24 heavy (non-hydrogen) atoms. The van der Waals surface area contributed by atoms with Gasteiger partial charge in [0, 0.05) is 12.8 Å². The summed E-state index contributed by atoms with van der Waals surface area (Å²) in [4.78, 5) is 8.89. The second kappa shape index (κ2) is 5.29. The van der Waals surface area contributed by atoms with Crippen molar-refractivity contribution in [3.8, 4) is 0 Å². The molecule has 0 aliphatic rings. The fourth-order valence-electron chi connectivity index (χ4n) is 2.68. The molecule has 8 heteroatoms. The fourth-order valence-corrected chi connectivity index (χ4v) is 4.11. The van der Waals surface area contributed by atoms with Crippen molar-refractivity contribution in [3.05, 3.63) is 48.3 Å². The summed E-state index contributed by atoms with van der Waals surface area (Å²) in [6.07, 6.45) is 2.93. The third kappa shape index (κ3) is 2.63. The highest BCUT2D eigenvalue weighted by Gasteiger charge is 2.11. The third-order valence-electron chi connectivity index (χ3n) is 3.84. The van der Waals surface area contributed by atoms with Crippen LogP contribution < -0.4 is 5.73 Å². The van der Waals surface area contributed by atoms with E-state index in [4.69, 9.17) is 5.73 Å². The van der Waals surface area contributed by atoms with Crippen molar-refractivity contribution in [2.75, 3.05) is 12.0 Å². The summed E-state index contributed by atoms with van der Waals surface area (Å²) in [6, 6.07) is 11.0. The van der Waals surface area contributed by atoms with Crippen LogP contribution in [0.3, 0.4) is 0 Å². The molecular formula is C16H14N4O2S2. The molecule has 4 rings (SSSR count). The standard InChI is InChI=1S/C16H14N4O2S2/c1-24(21,22)11-3-5-12-14(7-11)20(9-18-12)8-10-2-4-13-15(6-10)23-16(17)19-13/h2-7,9H,8H2,1H3,(H2,17,19). The lowest BCUT2D eigenvalue weighted by atomic mass is 10.2. The van der Waals surface area contributed by atoms with E-state index in [2.05, 4.69) is 16.0 Å². The van der Waals surface area contributed by atoms with Crippen LogP contribution in [0.15, 0.2) is 47.6 Å². The maximum absolute atomic E-state index is 11.8. The van der Waals surface area contributed by atoms with Gasteiger partial charge in [-0.05, 0) is 35.9 Å². The summed E-state index contributed by atoms with van der Waals surface area (Å²) in [5, 5.41) is 0.549. The number of hydrogen-bond donors (Lipinski definition) is 1. The van der Waals surface area contributed by atoms with Crippen LogP contribution in [0.25, 0.3) is 21.3 Å². The Morgan fingerprint density at radius 2 is 1.96 bits per heavy atom. The lowest BCUT2D eigenvalue weighted by molar-refractivity contribution is 0.602. The Labute approximate surface area is 142 Å². The number of imidazole rings is 1. The highest BCUT2D eigenvalue weighted by Crippen LogP contribution is 2.26. The van der Waals surface area contributed by atoms with Gasteiger partial charge in [-0.1, -0.05) is 17.4 Å². The molecule has 0 aliphatic carbocycles. The molecule has 122 valence electrons. The van der Waals surface area contributed by atoms with Crippen molar-refractivity contribution in [1.29, 1.82) is 0 Å². The van der Waals surface area contributed by atoms with Crippen LogP contribution in [0, 0.1) is 0 Å². The number of nitrogens with zero attached hydrogens (tertiary/aromatic N) is 3. The van der Waals surface area contributed by atoms with Gasteiger partial charge in [0.2, 0.25) is 0 Å². The Balaban J connectivity index is 1.77. The number of thiazole rings is 1. The van der Waals surface area contributed by atoms with Gasteiger partial charge in [-0.25, -0.2) is 18.4 Å². The first-order chi connectivity index (χ1) is 11.4. The first-order valence-electron chi connectivity index (χ1n) is 7.20. The van der Waals surface area contributed by atoms with Crippen molar-refractivity contribution in [3.63, 3.8) is 0 Å². The number of rotatable bonds is 3. The van der Waals surface area contributed by atoms with Gasteiger partial charge >= 0.3 is 0 Å². The van der Waals surface area contributed by atoms with Crippen LogP contribution in [0.4, 0.5) is 5.13 Å².